The monoisotopic (exact) mass is 521 g/mol. The lowest BCUT2D eigenvalue weighted by molar-refractivity contribution is 0.321. The molecule has 0 amide bonds. The third-order valence-corrected chi connectivity index (χ3v) is 4.86. The smallest absolute Gasteiger partial charge is 0.191 e. The molecule has 0 aliphatic rings. The molecule has 0 aliphatic carbocycles. The molecular formula is C19H25FIN3O3S. The van der Waals surface area contributed by atoms with E-state index in [1.54, 1.807) is 25.2 Å². The first-order chi connectivity index (χ1) is 12.9. The number of aliphatic imine (C=N–C) groups is 1. The van der Waals surface area contributed by atoms with E-state index in [0.29, 0.717) is 37.8 Å². The van der Waals surface area contributed by atoms with Crippen LogP contribution in [0.3, 0.4) is 0 Å². The molecule has 9 heteroatoms. The second-order valence-electron chi connectivity index (χ2n) is 5.90. The fourth-order valence-electron chi connectivity index (χ4n) is 2.36. The van der Waals surface area contributed by atoms with E-state index in [9.17, 15) is 12.8 Å². The molecule has 2 aromatic carbocycles. The number of nitrogens with zero attached hydrogens (tertiary/aromatic N) is 1. The molecule has 0 aliphatic heterocycles. The molecule has 0 radical (unpaired) electrons. The maximum absolute atomic E-state index is 13.1. The Balaban J connectivity index is 0.00000392. The van der Waals surface area contributed by atoms with Gasteiger partial charge in [-0.1, -0.05) is 12.1 Å². The first-order valence-electron chi connectivity index (χ1n) is 8.50. The van der Waals surface area contributed by atoms with Crippen molar-refractivity contribution in [3.8, 4) is 5.75 Å². The molecule has 154 valence electrons. The van der Waals surface area contributed by atoms with Crippen LogP contribution in [0, 0.1) is 5.82 Å². The molecule has 0 heterocycles. The summed E-state index contributed by atoms with van der Waals surface area (Å²) >= 11 is 0. The Kier molecular flexibility index (Phi) is 10.2. The summed E-state index contributed by atoms with van der Waals surface area (Å²) in [5.41, 5.74) is 0.916. The Morgan fingerprint density at radius 2 is 1.79 bits per heavy atom. The van der Waals surface area contributed by atoms with E-state index in [4.69, 9.17) is 4.74 Å². The van der Waals surface area contributed by atoms with Gasteiger partial charge in [0.15, 0.2) is 15.8 Å². The summed E-state index contributed by atoms with van der Waals surface area (Å²) in [6.45, 7) is 1.53. The number of benzene rings is 2. The first-order valence-corrected chi connectivity index (χ1v) is 10.4. The molecule has 0 atom stereocenters. The molecule has 6 nitrogen and oxygen atoms in total. The SMILES string of the molecule is CN=C(NCCOc1ccc(S(C)(=O)=O)cc1)NCCc1cccc(F)c1.I. The summed E-state index contributed by atoms with van der Waals surface area (Å²) in [6, 6.07) is 12.8. The van der Waals surface area contributed by atoms with Crippen molar-refractivity contribution in [3.05, 3.63) is 59.9 Å². The fourth-order valence-corrected chi connectivity index (χ4v) is 2.99. The van der Waals surface area contributed by atoms with Crippen molar-refractivity contribution in [2.24, 2.45) is 4.99 Å². The number of hydrogen-bond acceptors (Lipinski definition) is 4. The van der Waals surface area contributed by atoms with Gasteiger partial charge in [-0.2, -0.15) is 0 Å². The van der Waals surface area contributed by atoms with E-state index >= 15 is 0 Å². The molecule has 0 saturated heterocycles. The highest BCUT2D eigenvalue weighted by molar-refractivity contribution is 14.0. The van der Waals surface area contributed by atoms with Crippen LogP contribution in [0.5, 0.6) is 5.75 Å². The standard InChI is InChI=1S/C19H24FN3O3S.HI/c1-21-19(22-11-10-15-4-3-5-16(20)14-15)23-12-13-26-17-6-8-18(9-7-17)27(2,24)25;/h3-9,14H,10-13H2,1-2H3,(H2,21,22,23);1H. The summed E-state index contributed by atoms with van der Waals surface area (Å²) in [7, 11) is -1.53. The summed E-state index contributed by atoms with van der Waals surface area (Å²) in [4.78, 5) is 4.38. The molecule has 2 N–H and O–H groups in total. The Hall–Kier alpha value is -1.88. The highest BCUT2D eigenvalue weighted by Gasteiger charge is 2.06. The van der Waals surface area contributed by atoms with Crippen LogP contribution in [0.1, 0.15) is 5.56 Å². The normalized spacial score (nSPS) is 11.5. The summed E-state index contributed by atoms with van der Waals surface area (Å²) in [5, 5.41) is 6.27. The highest BCUT2D eigenvalue weighted by atomic mass is 127. The van der Waals surface area contributed by atoms with Gasteiger partial charge in [0.25, 0.3) is 0 Å². The number of rotatable bonds is 8. The minimum Gasteiger partial charge on any atom is -0.492 e. The van der Waals surface area contributed by atoms with Crippen molar-refractivity contribution in [2.75, 3.05) is 33.0 Å². The maximum atomic E-state index is 13.1. The average molecular weight is 521 g/mol. The lowest BCUT2D eigenvalue weighted by Crippen LogP contribution is -2.40. The van der Waals surface area contributed by atoms with Gasteiger partial charge in [-0.25, -0.2) is 12.8 Å². The topological polar surface area (TPSA) is 79.8 Å². The van der Waals surface area contributed by atoms with Crippen molar-refractivity contribution >= 4 is 39.8 Å². The van der Waals surface area contributed by atoms with E-state index in [2.05, 4.69) is 15.6 Å². The molecule has 2 aromatic rings. The van der Waals surface area contributed by atoms with Gasteiger partial charge in [-0.05, 0) is 48.4 Å². The van der Waals surface area contributed by atoms with Crippen molar-refractivity contribution in [2.45, 2.75) is 11.3 Å². The second kappa shape index (κ2) is 11.8. The fraction of sp³-hybridized carbons (Fsp3) is 0.316. The summed E-state index contributed by atoms with van der Waals surface area (Å²) in [5.74, 6) is 0.984. The van der Waals surface area contributed by atoms with E-state index < -0.39 is 9.84 Å². The zero-order valence-electron chi connectivity index (χ0n) is 15.8. The number of sulfone groups is 1. The van der Waals surface area contributed by atoms with Crippen LogP contribution in [0.2, 0.25) is 0 Å². The number of guanidine groups is 1. The predicted molar refractivity (Wildman–Crippen MR) is 120 cm³/mol. The Morgan fingerprint density at radius 1 is 1.11 bits per heavy atom. The van der Waals surface area contributed by atoms with Gasteiger partial charge < -0.3 is 15.4 Å². The number of ether oxygens (including phenoxy) is 1. The van der Waals surface area contributed by atoms with Gasteiger partial charge in [0, 0.05) is 19.8 Å². The molecule has 0 aromatic heterocycles. The van der Waals surface area contributed by atoms with Crippen LogP contribution < -0.4 is 15.4 Å². The van der Waals surface area contributed by atoms with Crippen molar-refractivity contribution in [1.82, 2.24) is 10.6 Å². The lowest BCUT2D eigenvalue weighted by Gasteiger charge is -2.12. The summed E-state index contributed by atoms with van der Waals surface area (Å²) in [6.07, 6.45) is 1.85. The van der Waals surface area contributed by atoms with Gasteiger partial charge in [0.05, 0.1) is 11.4 Å². The van der Waals surface area contributed by atoms with Crippen molar-refractivity contribution in [3.63, 3.8) is 0 Å². The van der Waals surface area contributed by atoms with Crippen molar-refractivity contribution in [1.29, 1.82) is 0 Å². The van der Waals surface area contributed by atoms with E-state index in [1.165, 1.54) is 30.5 Å². The molecule has 0 saturated carbocycles. The minimum atomic E-state index is -3.20. The minimum absolute atomic E-state index is 0. The van der Waals surface area contributed by atoms with Crippen LogP contribution in [-0.2, 0) is 16.3 Å². The molecule has 2 rings (SSSR count). The number of nitrogens with one attached hydrogen (secondary N) is 2. The zero-order chi connectivity index (χ0) is 19.7. The second-order valence-corrected chi connectivity index (χ2v) is 7.91. The van der Waals surface area contributed by atoms with E-state index in [0.717, 1.165) is 5.56 Å². The van der Waals surface area contributed by atoms with Crippen LogP contribution in [0.15, 0.2) is 58.4 Å². The van der Waals surface area contributed by atoms with Gasteiger partial charge in [-0.3, -0.25) is 4.99 Å². The molecule has 0 spiro atoms. The first kappa shape index (κ1) is 24.2. The van der Waals surface area contributed by atoms with E-state index in [1.807, 2.05) is 6.07 Å². The quantitative estimate of drug-likeness (QED) is 0.242. The van der Waals surface area contributed by atoms with Crippen molar-refractivity contribution < 1.29 is 17.5 Å². The third kappa shape index (κ3) is 8.42. The van der Waals surface area contributed by atoms with Gasteiger partial charge >= 0.3 is 0 Å². The molecule has 0 unspecified atom stereocenters. The number of halogens is 2. The molecule has 0 fully saturated rings. The lowest BCUT2D eigenvalue weighted by atomic mass is 10.1. The average Bonchev–Trinajstić information content (AvgIpc) is 2.63. The Labute approximate surface area is 182 Å². The third-order valence-electron chi connectivity index (χ3n) is 3.73. The van der Waals surface area contributed by atoms with Gasteiger partial charge in [-0.15, -0.1) is 24.0 Å². The van der Waals surface area contributed by atoms with Gasteiger partial charge in [0.1, 0.15) is 18.2 Å². The zero-order valence-corrected chi connectivity index (χ0v) is 19.0. The molecular weight excluding hydrogens is 496 g/mol. The summed E-state index contributed by atoms with van der Waals surface area (Å²) < 4.78 is 41.6. The molecule has 0 bridgehead atoms. The highest BCUT2D eigenvalue weighted by Crippen LogP contribution is 2.15. The van der Waals surface area contributed by atoms with Crippen LogP contribution in [0.25, 0.3) is 0 Å². The molecule has 28 heavy (non-hydrogen) atoms. The van der Waals surface area contributed by atoms with E-state index in [-0.39, 0.29) is 34.7 Å². The largest absolute Gasteiger partial charge is 0.492 e. The Bertz CT molecular complexity index is 874. The van der Waals surface area contributed by atoms with Crippen LogP contribution >= 0.6 is 24.0 Å². The maximum Gasteiger partial charge on any atom is 0.191 e. The number of hydrogen-bond donors (Lipinski definition) is 2. The Morgan fingerprint density at radius 3 is 2.39 bits per heavy atom. The predicted octanol–water partition coefficient (Wildman–Crippen LogP) is 2.63. The van der Waals surface area contributed by atoms with Gasteiger partial charge in [0.2, 0.25) is 0 Å². The van der Waals surface area contributed by atoms with Crippen LogP contribution in [-0.4, -0.2) is 47.4 Å². The van der Waals surface area contributed by atoms with Crippen LogP contribution in [0.4, 0.5) is 4.39 Å².